The predicted octanol–water partition coefficient (Wildman–Crippen LogP) is -1.70. The van der Waals surface area contributed by atoms with E-state index in [0.29, 0.717) is 19.4 Å². The molecule has 7 N–H and O–H groups in total. The minimum atomic E-state index is -1.07. The normalized spacial score (nSPS) is 19.3. The number of nitrogens with two attached hydrogens (primary N) is 2. The number of aliphatic carboxylic acids is 1. The second-order valence-corrected chi connectivity index (χ2v) is 7.60. The molecule has 1 rings (SSSR count). The summed E-state index contributed by atoms with van der Waals surface area (Å²) in [6.45, 7) is 5.22. The molecule has 11 nitrogen and oxygen atoms in total. The summed E-state index contributed by atoms with van der Waals surface area (Å²) in [7, 11) is 0. The topological polar surface area (TPSA) is 185 Å². The van der Waals surface area contributed by atoms with Gasteiger partial charge in [-0.2, -0.15) is 0 Å². The van der Waals surface area contributed by atoms with Crippen molar-refractivity contribution in [2.45, 2.75) is 70.6 Å². The molecule has 0 aromatic carbocycles. The number of carboxylic acid groups (broad SMARTS) is 1. The van der Waals surface area contributed by atoms with Crippen LogP contribution in [-0.2, 0) is 24.0 Å². The first kappa shape index (κ1) is 24.3. The Kier molecular flexibility index (Phi) is 9.02. The lowest BCUT2D eigenvalue weighted by atomic mass is 10.0. The van der Waals surface area contributed by atoms with Crippen LogP contribution in [0.5, 0.6) is 0 Å². The fourth-order valence-electron chi connectivity index (χ4n) is 3.07. The second-order valence-electron chi connectivity index (χ2n) is 7.60. The van der Waals surface area contributed by atoms with Crippen LogP contribution < -0.4 is 22.1 Å². The molecule has 1 heterocycles. The van der Waals surface area contributed by atoms with E-state index in [1.165, 1.54) is 11.8 Å². The molecule has 0 aromatic rings. The molecule has 4 atom stereocenters. The number of carbonyl (C=O) groups excluding carboxylic acids is 4. The summed E-state index contributed by atoms with van der Waals surface area (Å²) in [5.74, 6) is -3.63. The molecular weight excluding hydrogens is 382 g/mol. The maximum absolute atomic E-state index is 12.8. The average Bonchev–Trinajstić information content (AvgIpc) is 3.12. The first-order chi connectivity index (χ1) is 13.5. The number of amides is 4. The molecule has 4 unspecified atom stereocenters. The fourth-order valence-corrected chi connectivity index (χ4v) is 3.07. The summed E-state index contributed by atoms with van der Waals surface area (Å²) in [6.07, 6.45) is 0.945. The summed E-state index contributed by atoms with van der Waals surface area (Å²) < 4.78 is 0. The van der Waals surface area contributed by atoms with E-state index in [-0.39, 0.29) is 18.8 Å². The van der Waals surface area contributed by atoms with E-state index in [2.05, 4.69) is 10.6 Å². The molecular formula is C18H31N5O6. The minimum Gasteiger partial charge on any atom is -0.480 e. The zero-order chi connectivity index (χ0) is 22.3. The SMILES string of the molecule is CC(NC(=O)C(N)CCC(N)=O)C(=O)NC(C(=O)N1CCCC1C(=O)O)C(C)C. The highest BCUT2D eigenvalue weighted by Crippen LogP contribution is 2.20. The first-order valence-electron chi connectivity index (χ1n) is 9.63. The molecule has 0 spiro atoms. The average molecular weight is 413 g/mol. The van der Waals surface area contributed by atoms with Crippen molar-refractivity contribution in [1.29, 1.82) is 0 Å². The van der Waals surface area contributed by atoms with E-state index >= 15 is 0 Å². The van der Waals surface area contributed by atoms with Crippen molar-refractivity contribution in [3.63, 3.8) is 0 Å². The number of carbonyl (C=O) groups is 5. The third-order valence-corrected chi connectivity index (χ3v) is 4.84. The number of carboxylic acids is 1. The largest absolute Gasteiger partial charge is 0.480 e. The Morgan fingerprint density at radius 3 is 2.24 bits per heavy atom. The van der Waals surface area contributed by atoms with Gasteiger partial charge in [-0.05, 0) is 32.1 Å². The molecule has 1 fully saturated rings. The summed E-state index contributed by atoms with van der Waals surface area (Å²) >= 11 is 0. The number of nitrogens with one attached hydrogen (secondary N) is 2. The van der Waals surface area contributed by atoms with Gasteiger partial charge in [0.2, 0.25) is 23.6 Å². The Bertz CT molecular complexity index is 653. The number of nitrogens with zero attached hydrogens (tertiary/aromatic N) is 1. The van der Waals surface area contributed by atoms with Gasteiger partial charge in [0.05, 0.1) is 6.04 Å². The molecule has 164 valence electrons. The van der Waals surface area contributed by atoms with Crippen molar-refractivity contribution in [3.8, 4) is 0 Å². The number of rotatable bonds is 10. The van der Waals surface area contributed by atoms with Crippen LogP contribution >= 0.6 is 0 Å². The number of likely N-dealkylation sites (tertiary alicyclic amines) is 1. The van der Waals surface area contributed by atoms with Gasteiger partial charge < -0.3 is 32.1 Å². The van der Waals surface area contributed by atoms with Gasteiger partial charge in [0.25, 0.3) is 0 Å². The van der Waals surface area contributed by atoms with Gasteiger partial charge >= 0.3 is 5.97 Å². The maximum Gasteiger partial charge on any atom is 0.326 e. The van der Waals surface area contributed by atoms with Gasteiger partial charge in [-0.1, -0.05) is 13.8 Å². The summed E-state index contributed by atoms with van der Waals surface area (Å²) in [6, 6.07) is -3.81. The maximum atomic E-state index is 12.8. The Morgan fingerprint density at radius 2 is 1.72 bits per heavy atom. The molecule has 11 heteroatoms. The Balaban J connectivity index is 2.72. The molecule has 0 saturated carbocycles. The molecule has 29 heavy (non-hydrogen) atoms. The molecule has 0 aliphatic carbocycles. The van der Waals surface area contributed by atoms with E-state index in [0.717, 1.165) is 0 Å². The van der Waals surface area contributed by atoms with Gasteiger partial charge in [-0.3, -0.25) is 19.2 Å². The van der Waals surface area contributed by atoms with E-state index in [1.807, 2.05) is 0 Å². The van der Waals surface area contributed by atoms with Crippen LogP contribution in [0.1, 0.15) is 46.5 Å². The summed E-state index contributed by atoms with van der Waals surface area (Å²) in [4.78, 5) is 60.8. The van der Waals surface area contributed by atoms with E-state index in [9.17, 15) is 29.1 Å². The van der Waals surface area contributed by atoms with Gasteiger partial charge in [-0.15, -0.1) is 0 Å². The van der Waals surface area contributed by atoms with Crippen LogP contribution in [-0.4, -0.2) is 70.3 Å². The fraction of sp³-hybridized carbons (Fsp3) is 0.722. The Hall–Kier alpha value is -2.69. The van der Waals surface area contributed by atoms with Crippen molar-refractivity contribution in [2.75, 3.05) is 6.54 Å². The first-order valence-corrected chi connectivity index (χ1v) is 9.63. The molecule has 1 aliphatic rings. The molecule has 4 amide bonds. The summed E-state index contributed by atoms with van der Waals surface area (Å²) in [5.41, 5.74) is 10.7. The van der Waals surface area contributed by atoms with Crippen LogP contribution in [0.2, 0.25) is 0 Å². The van der Waals surface area contributed by atoms with Gasteiger partial charge in [0.15, 0.2) is 0 Å². The van der Waals surface area contributed by atoms with Crippen LogP contribution in [0.25, 0.3) is 0 Å². The smallest absolute Gasteiger partial charge is 0.326 e. The quantitative estimate of drug-likeness (QED) is 0.282. The van der Waals surface area contributed by atoms with Gasteiger partial charge in [0, 0.05) is 13.0 Å². The highest BCUT2D eigenvalue weighted by Gasteiger charge is 2.39. The number of hydrogen-bond donors (Lipinski definition) is 5. The monoisotopic (exact) mass is 413 g/mol. The molecule has 0 bridgehead atoms. The van der Waals surface area contributed by atoms with Crippen LogP contribution in [0.3, 0.4) is 0 Å². The molecule has 0 radical (unpaired) electrons. The third kappa shape index (κ3) is 7.00. The van der Waals surface area contributed by atoms with Crippen molar-refractivity contribution < 1.29 is 29.1 Å². The highest BCUT2D eigenvalue weighted by atomic mass is 16.4. The molecule has 1 saturated heterocycles. The lowest BCUT2D eigenvalue weighted by molar-refractivity contribution is -0.150. The van der Waals surface area contributed by atoms with Crippen LogP contribution in [0.15, 0.2) is 0 Å². The van der Waals surface area contributed by atoms with Crippen molar-refractivity contribution in [3.05, 3.63) is 0 Å². The lowest BCUT2D eigenvalue weighted by Crippen LogP contribution is -2.57. The number of hydrogen-bond acceptors (Lipinski definition) is 6. The van der Waals surface area contributed by atoms with Crippen molar-refractivity contribution in [2.24, 2.45) is 17.4 Å². The van der Waals surface area contributed by atoms with Crippen LogP contribution in [0, 0.1) is 5.92 Å². The highest BCUT2D eigenvalue weighted by molar-refractivity contribution is 5.94. The molecule has 1 aliphatic heterocycles. The van der Waals surface area contributed by atoms with Gasteiger partial charge in [-0.25, -0.2) is 4.79 Å². The van der Waals surface area contributed by atoms with E-state index in [4.69, 9.17) is 11.5 Å². The van der Waals surface area contributed by atoms with E-state index in [1.54, 1.807) is 13.8 Å². The number of primary amides is 1. The standard InChI is InChI=1S/C18H31N5O6/c1-9(2)14(17(27)23-8-4-5-12(23)18(28)29)22-15(25)10(3)21-16(26)11(19)6-7-13(20)24/h9-12,14H,4-8,19H2,1-3H3,(H2,20,24)(H,21,26)(H,22,25)(H,28,29). The summed E-state index contributed by atoms with van der Waals surface area (Å²) in [5, 5.41) is 14.3. The zero-order valence-electron chi connectivity index (χ0n) is 17.0. The second kappa shape index (κ2) is 10.7. The van der Waals surface area contributed by atoms with Gasteiger partial charge in [0.1, 0.15) is 18.1 Å². The third-order valence-electron chi connectivity index (χ3n) is 4.84. The van der Waals surface area contributed by atoms with E-state index < -0.39 is 53.8 Å². The van der Waals surface area contributed by atoms with Crippen molar-refractivity contribution >= 4 is 29.6 Å². The Morgan fingerprint density at radius 1 is 1.10 bits per heavy atom. The zero-order valence-corrected chi connectivity index (χ0v) is 17.0. The minimum absolute atomic E-state index is 0.0497. The van der Waals surface area contributed by atoms with Crippen LogP contribution in [0.4, 0.5) is 0 Å². The van der Waals surface area contributed by atoms with Crippen molar-refractivity contribution in [1.82, 2.24) is 15.5 Å². The lowest BCUT2D eigenvalue weighted by Gasteiger charge is -2.30. The Labute approximate surface area is 169 Å². The predicted molar refractivity (Wildman–Crippen MR) is 103 cm³/mol. The molecule has 0 aromatic heterocycles.